The van der Waals surface area contributed by atoms with Gasteiger partial charge in [0.2, 0.25) is 5.91 Å². The number of nitrogens with one attached hydrogen (secondary N) is 1. The largest absolute Gasteiger partial charge is 0.416 e. The minimum atomic E-state index is -4.67. The van der Waals surface area contributed by atoms with Crippen LogP contribution < -0.4 is 9.62 Å². The second-order valence-electron chi connectivity index (χ2n) is 7.83. The average molecular weight is 499 g/mol. The van der Waals surface area contributed by atoms with Gasteiger partial charge >= 0.3 is 6.18 Å². The second kappa shape index (κ2) is 9.79. The molecule has 5 nitrogen and oxygen atoms in total. The number of carbonyl (C=O) groups is 1. The minimum absolute atomic E-state index is 0.130. The minimum Gasteiger partial charge on any atom is -0.350 e. The molecule has 0 heterocycles. The fourth-order valence-electron chi connectivity index (χ4n) is 3.61. The Bertz CT molecular complexity index is 1460. The van der Waals surface area contributed by atoms with Gasteiger partial charge in [0, 0.05) is 6.54 Å². The van der Waals surface area contributed by atoms with E-state index in [1.807, 2.05) is 42.5 Å². The maximum atomic E-state index is 13.3. The third kappa shape index (κ3) is 5.63. The second-order valence-corrected chi connectivity index (χ2v) is 9.69. The quantitative estimate of drug-likeness (QED) is 0.373. The Morgan fingerprint density at radius 1 is 0.800 bits per heavy atom. The highest BCUT2D eigenvalue weighted by atomic mass is 32.2. The van der Waals surface area contributed by atoms with E-state index in [0.717, 1.165) is 34.5 Å². The molecule has 0 fully saturated rings. The molecule has 0 spiro atoms. The Kier molecular flexibility index (Phi) is 6.79. The summed E-state index contributed by atoms with van der Waals surface area (Å²) in [4.78, 5) is 12.6. The molecule has 180 valence electrons. The number of halogens is 3. The van der Waals surface area contributed by atoms with Crippen molar-refractivity contribution in [1.82, 2.24) is 5.32 Å². The molecule has 4 aromatic carbocycles. The first-order valence-electron chi connectivity index (χ1n) is 10.6. The van der Waals surface area contributed by atoms with Gasteiger partial charge in [-0.15, -0.1) is 0 Å². The SMILES string of the molecule is O=C(CN(c1cccc(C(F)(F)F)c1)S(=O)(=O)c1ccccc1)NCc1ccc2ccccc2c1. The molecular weight excluding hydrogens is 477 g/mol. The van der Waals surface area contributed by atoms with Crippen LogP contribution in [0.5, 0.6) is 0 Å². The molecule has 35 heavy (non-hydrogen) atoms. The van der Waals surface area contributed by atoms with E-state index < -0.39 is 34.2 Å². The van der Waals surface area contributed by atoms with Crippen LogP contribution in [0.3, 0.4) is 0 Å². The molecule has 0 aromatic heterocycles. The number of benzene rings is 4. The number of alkyl halides is 3. The first-order chi connectivity index (χ1) is 16.6. The molecule has 0 saturated carbocycles. The van der Waals surface area contributed by atoms with Crippen molar-refractivity contribution in [1.29, 1.82) is 0 Å². The van der Waals surface area contributed by atoms with E-state index in [0.29, 0.717) is 4.31 Å². The molecule has 0 aliphatic rings. The van der Waals surface area contributed by atoms with E-state index in [1.54, 1.807) is 6.07 Å². The van der Waals surface area contributed by atoms with Gasteiger partial charge in [-0.2, -0.15) is 13.2 Å². The third-order valence-electron chi connectivity index (χ3n) is 5.38. The van der Waals surface area contributed by atoms with Crippen LogP contribution in [0.4, 0.5) is 18.9 Å². The fourth-order valence-corrected chi connectivity index (χ4v) is 5.04. The molecule has 0 unspecified atom stereocenters. The zero-order valence-corrected chi connectivity index (χ0v) is 19.2. The summed E-state index contributed by atoms with van der Waals surface area (Å²) in [5.74, 6) is -0.657. The standard InChI is InChI=1S/C26H21F3N2O3S/c27-26(28,29)22-9-6-10-23(16-22)31(35(33,34)24-11-2-1-3-12-24)18-25(32)30-17-19-13-14-20-7-4-5-8-21(20)15-19/h1-16H,17-18H2,(H,30,32). The summed E-state index contributed by atoms with van der Waals surface area (Å²) < 4.78 is 67.2. The van der Waals surface area contributed by atoms with E-state index in [2.05, 4.69) is 5.32 Å². The predicted octanol–water partition coefficient (Wildman–Crippen LogP) is 5.37. The van der Waals surface area contributed by atoms with Crippen LogP contribution in [0.15, 0.2) is 102 Å². The number of fused-ring (bicyclic) bond motifs is 1. The van der Waals surface area contributed by atoms with Gasteiger partial charge in [0.15, 0.2) is 0 Å². The molecular formula is C26H21F3N2O3S. The van der Waals surface area contributed by atoms with Gasteiger partial charge in [0.1, 0.15) is 6.54 Å². The highest BCUT2D eigenvalue weighted by Gasteiger charge is 2.33. The lowest BCUT2D eigenvalue weighted by Gasteiger charge is -2.25. The highest BCUT2D eigenvalue weighted by Crippen LogP contribution is 2.33. The summed E-state index contributed by atoms with van der Waals surface area (Å²) in [5.41, 5.74) is -0.474. The van der Waals surface area contributed by atoms with Crippen LogP contribution in [0.25, 0.3) is 10.8 Å². The van der Waals surface area contributed by atoms with Crippen molar-refractivity contribution in [3.8, 4) is 0 Å². The van der Waals surface area contributed by atoms with E-state index in [9.17, 15) is 26.4 Å². The van der Waals surface area contributed by atoms with Gasteiger partial charge < -0.3 is 5.32 Å². The monoisotopic (exact) mass is 498 g/mol. The predicted molar refractivity (Wildman–Crippen MR) is 128 cm³/mol. The molecule has 9 heteroatoms. The number of hydrogen-bond acceptors (Lipinski definition) is 3. The molecule has 0 saturated heterocycles. The van der Waals surface area contributed by atoms with E-state index >= 15 is 0 Å². The molecule has 0 bridgehead atoms. The molecule has 1 amide bonds. The maximum absolute atomic E-state index is 13.3. The molecule has 4 rings (SSSR count). The molecule has 0 radical (unpaired) electrons. The number of rotatable bonds is 7. The topological polar surface area (TPSA) is 66.5 Å². The number of anilines is 1. The van der Waals surface area contributed by atoms with Crippen molar-refractivity contribution in [2.45, 2.75) is 17.6 Å². The van der Waals surface area contributed by atoms with Crippen LogP contribution in [0.1, 0.15) is 11.1 Å². The van der Waals surface area contributed by atoms with Crippen molar-refractivity contribution >= 4 is 32.4 Å². The summed E-state index contributed by atoms with van der Waals surface area (Å²) in [6, 6.07) is 24.5. The number of nitrogens with zero attached hydrogens (tertiary/aromatic N) is 1. The lowest BCUT2D eigenvalue weighted by molar-refractivity contribution is -0.137. The number of amides is 1. The fraction of sp³-hybridized carbons (Fsp3) is 0.115. The van der Waals surface area contributed by atoms with Gasteiger partial charge in [-0.3, -0.25) is 9.10 Å². The van der Waals surface area contributed by atoms with Crippen molar-refractivity contribution in [3.05, 3.63) is 108 Å². The summed E-state index contributed by atoms with van der Waals surface area (Å²) in [6.45, 7) is -0.558. The van der Waals surface area contributed by atoms with E-state index in [4.69, 9.17) is 0 Å². The zero-order chi connectivity index (χ0) is 25.1. The highest BCUT2D eigenvalue weighted by molar-refractivity contribution is 7.92. The summed E-state index contributed by atoms with van der Waals surface area (Å²) in [7, 11) is -4.32. The summed E-state index contributed by atoms with van der Waals surface area (Å²) in [5, 5.41) is 4.68. The zero-order valence-electron chi connectivity index (χ0n) is 18.4. The Hall–Kier alpha value is -3.85. The number of sulfonamides is 1. The smallest absolute Gasteiger partial charge is 0.350 e. The number of hydrogen-bond donors (Lipinski definition) is 1. The first kappa shape index (κ1) is 24.3. The van der Waals surface area contributed by atoms with Gasteiger partial charge in [0.05, 0.1) is 16.1 Å². The van der Waals surface area contributed by atoms with Gasteiger partial charge in [0.25, 0.3) is 10.0 Å². The van der Waals surface area contributed by atoms with Gasteiger partial charge in [-0.05, 0) is 52.7 Å². The van der Waals surface area contributed by atoms with E-state index in [1.165, 1.54) is 30.3 Å². The summed E-state index contributed by atoms with van der Waals surface area (Å²) in [6.07, 6.45) is -4.67. The average Bonchev–Trinajstić information content (AvgIpc) is 2.86. The van der Waals surface area contributed by atoms with Crippen molar-refractivity contribution < 1.29 is 26.4 Å². The van der Waals surface area contributed by atoms with E-state index in [-0.39, 0.29) is 17.1 Å². The van der Waals surface area contributed by atoms with Crippen LogP contribution in [-0.2, 0) is 27.5 Å². The Balaban J connectivity index is 1.60. The molecule has 0 atom stereocenters. The van der Waals surface area contributed by atoms with Crippen molar-refractivity contribution in [2.75, 3.05) is 10.8 Å². The third-order valence-corrected chi connectivity index (χ3v) is 7.17. The van der Waals surface area contributed by atoms with Crippen LogP contribution in [0.2, 0.25) is 0 Å². The lowest BCUT2D eigenvalue weighted by atomic mass is 10.1. The van der Waals surface area contributed by atoms with Gasteiger partial charge in [-0.25, -0.2) is 8.42 Å². The maximum Gasteiger partial charge on any atom is 0.416 e. The lowest BCUT2D eigenvalue weighted by Crippen LogP contribution is -2.40. The van der Waals surface area contributed by atoms with Crippen LogP contribution in [0, 0.1) is 0 Å². The van der Waals surface area contributed by atoms with Crippen molar-refractivity contribution in [2.24, 2.45) is 0 Å². The molecule has 0 aliphatic heterocycles. The normalized spacial score (nSPS) is 11.9. The number of carbonyl (C=O) groups excluding carboxylic acids is 1. The molecule has 4 aromatic rings. The molecule has 0 aliphatic carbocycles. The Morgan fingerprint density at radius 3 is 2.20 bits per heavy atom. The summed E-state index contributed by atoms with van der Waals surface area (Å²) >= 11 is 0. The Morgan fingerprint density at radius 2 is 1.49 bits per heavy atom. The van der Waals surface area contributed by atoms with Crippen molar-refractivity contribution in [3.63, 3.8) is 0 Å². The first-order valence-corrected chi connectivity index (χ1v) is 12.1. The van der Waals surface area contributed by atoms with Crippen LogP contribution in [-0.4, -0.2) is 20.9 Å². The van der Waals surface area contributed by atoms with Crippen LogP contribution >= 0.6 is 0 Å². The Labute approximate surface area is 200 Å². The van der Waals surface area contributed by atoms with Gasteiger partial charge in [-0.1, -0.05) is 60.7 Å². The molecule has 1 N–H and O–H groups in total.